The van der Waals surface area contributed by atoms with Gasteiger partial charge in [0, 0.05) is 12.2 Å². The molecule has 0 heterocycles. The zero-order chi connectivity index (χ0) is 14.1. The molecule has 3 rings (SSSR count). The van der Waals surface area contributed by atoms with E-state index in [2.05, 4.69) is 56.4 Å². The highest BCUT2D eigenvalue weighted by atomic mass is 16.5. The number of nitrogens with one attached hydrogen (secondary N) is 1. The van der Waals surface area contributed by atoms with Crippen LogP contribution in [0.1, 0.15) is 32.3 Å². The van der Waals surface area contributed by atoms with Gasteiger partial charge in [0.2, 0.25) is 0 Å². The smallest absolute Gasteiger partial charge is 0.120 e. The standard InChI is InChI=1S/C18H25NO/c1-12(2)20-17-6-7-18(13(3)8-17)19-11-16-10-14-4-5-15(16)9-14/h4-8,12,14-16,19H,9-11H2,1-3H3. The number of hydrogen-bond acceptors (Lipinski definition) is 2. The Morgan fingerprint density at radius 2 is 2.10 bits per heavy atom. The molecule has 108 valence electrons. The minimum Gasteiger partial charge on any atom is -0.491 e. The molecule has 0 saturated heterocycles. The van der Waals surface area contributed by atoms with Crippen molar-refractivity contribution in [2.24, 2.45) is 17.8 Å². The second-order valence-corrected chi connectivity index (χ2v) is 6.56. The summed E-state index contributed by atoms with van der Waals surface area (Å²) in [7, 11) is 0. The second-order valence-electron chi connectivity index (χ2n) is 6.56. The maximum atomic E-state index is 5.73. The van der Waals surface area contributed by atoms with Crippen LogP contribution in [0.3, 0.4) is 0 Å². The van der Waals surface area contributed by atoms with Crippen LogP contribution >= 0.6 is 0 Å². The number of benzene rings is 1. The SMILES string of the molecule is Cc1cc(OC(C)C)ccc1NCC1CC2C=CC1C2. The first-order valence-corrected chi connectivity index (χ1v) is 7.81. The second kappa shape index (κ2) is 5.51. The fourth-order valence-electron chi connectivity index (χ4n) is 3.55. The van der Waals surface area contributed by atoms with Crippen LogP contribution in [0.2, 0.25) is 0 Å². The molecule has 1 saturated carbocycles. The Bertz CT molecular complexity index is 506. The number of anilines is 1. The van der Waals surface area contributed by atoms with Gasteiger partial charge < -0.3 is 10.1 Å². The lowest BCUT2D eigenvalue weighted by Gasteiger charge is -2.20. The van der Waals surface area contributed by atoms with Crippen molar-refractivity contribution in [3.63, 3.8) is 0 Å². The fraction of sp³-hybridized carbons (Fsp3) is 0.556. The molecule has 2 aliphatic carbocycles. The van der Waals surface area contributed by atoms with Gasteiger partial charge in [-0.3, -0.25) is 0 Å². The lowest BCUT2D eigenvalue weighted by Crippen LogP contribution is -2.18. The Labute approximate surface area is 122 Å². The van der Waals surface area contributed by atoms with E-state index in [0.29, 0.717) is 0 Å². The Morgan fingerprint density at radius 1 is 1.25 bits per heavy atom. The van der Waals surface area contributed by atoms with Crippen molar-refractivity contribution < 1.29 is 4.74 Å². The Morgan fingerprint density at radius 3 is 2.70 bits per heavy atom. The molecular weight excluding hydrogens is 246 g/mol. The number of hydrogen-bond donors (Lipinski definition) is 1. The monoisotopic (exact) mass is 271 g/mol. The van der Waals surface area contributed by atoms with Gasteiger partial charge in [0.25, 0.3) is 0 Å². The van der Waals surface area contributed by atoms with E-state index in [4.69, 9.17) is 4.74 Å². The molecule has 0 radical (unpaired) electrons. The van der Waals surface area contributed by atoms with Gasteiger partial charge in [-0.1, -0.05) is 12.2 Å². The van der Waals surface area contributed by atoms with E-state index in [1.54, 1.807) is 0 Å². The first-order valence-electron chi connectivity index (χ1n) is 7.81. The summed E-state index contributed by atoms with van der Waals surface area (Å²) in [5.41, 5.74) is 2.51. The summed E-state index contributed by atoms with van der Waals surface area (Å²) in [5.74, 6) is 3.45. The van der Waals surface area contributed by atoms with Gasteiger partial charge in [-0.15, -0.1) is 0 Å². The van der Waals surface area contributed by atoms with Crippen LogP contribution in [0.15, 0.2) is 30.4 Å². The average molecular weight is 271 g/mol. The molecule has 20 heavy (non-hydrogen) atoms. The molecule has 1 aromatic carbocycles. The van der Waals surface area contributed by atoms with E-state index in [1.807, 2.05) is 0 Å². The van der Waals surface area contributed by atoms with Crippen molar-refractivity contribution in [1.82, 2.24) is 0 Å². The van der Waals surface area contributed by atoms with Crippen molar-refractivity contribution >= 4 is 5.69 Å². The van der Waals surface area contributed by atoms with Gasteiger partial charge >= 0.3 is 0 Å². The molecular formula is C18H25NO. The predicted octanol–water partition coefficient (Wildman–Crippen LogP) is 4.41. The van der Waals surface area contributed by atoms with E-state index in [-0.39, 0.29) is 6.10 Å². The molecule has 3 atom stereocenters. The van der Waals surface area contributed by atoms with Crippen molar-refractivity contribution in [2.45, 2.75) is 39.7 Å². The van der Waals surface area contributed by atoms with Crippen molar-refractivity contribution in [1.29, 1.82) is 0 Å². The van der Waals surface area contributed by atoms with E-state index < -0.39 is 0 Å². The molecule has 1 N–H and O–H groups in total. The fourth-order valence-corrected chi connectivity index (χ4v) is 3.55. The van der Waals surface area contributed by atoms with Crippen LogP contribution in [-0.4, -0.2) is 12.6 Å². The lowest BCUT2D eigenvalue weighted by atomic mass is 9.93. The van der Waals surface area contributed by atoms with Crippen LogP contribution in [-0.2, 0) is 0 Å². The van der Waals surface area contributed by atoms with Crippen molar-refractivity contribution in [3.05, 3.63) is 35.9 Å². The van der Waals surface area contributed by atoms with Crippen LogP contribution in [0.5, 0.6) is 5.75 Å². The summed E-state index contributed by atoms with van der Waals surface area (Å²) in [5, 5.41) is 3.63. The molecule has 2 aliphatic rings. The highest BCUT2D eigenvalue weighted by molar-refractivity contribution is 5.53. The van der Waals surface area contributed by atoms with E-state index in [1.165, 1.54) is 24.1 Å². The third-order valence-corrected chi connectivity index (χ3v) is 4.54. The maximum absolute atomic E-state index is 5.73. The minimum absolute atomic E-state index is 0.231. The van der Waals surface area contributed by atoms with Crippen molar-refractivity contribution in [2.75, 3.05) is 11.9 Å². The zero-order valence-corrected chi connectivity index (χ0v) is 12.7. The number of allylic oxidation sites excluding steroid dienone is 2. The molecule has 0 aromatic heterocycles. The summed E-state index contributed by atoms with van der Waals surface area (Å²) < 4.78 is 5.73. The van der Waals surface area contributed by atoms with Gasteiger partial charge in [0.1, 0.15) is 5.75 Å². The third-order valence-electron chi connectivity index (χ3n) is 4.54. The number of fused-ring (bicyclic) bond motifs is 2. The Kier molecular flexibility index (Phi) is 3.73. The molecule has 0 spiro atoms. The quantitative estimate of drug-likeness (QED) is 0.801. The molecule has 0 amide bonds. The summed E-state index contributed by atoms with van der Waals surface area (Å²) in [6, 6.07) is 6.34. The third kappa shape index (κ3) is 2.84. The van der Waals surface area contributed by atoms with Gasteiger partial charge in [0.05, 0.1) is 6.10 Å². The zero-order valence-electron chi connectivity index (χ0n) is 12.7. The first kappa shape index (κ1) is 13.5. The Balaban J connectivity index is 1.59. The molecule has 1 aromatic rings. The molecule has 0 aliphatic heterocycles. The molecule has 2 bridgehead atoms. The molecule has 2 nitrogen and oxygen atoms in total. The highest BCUT2D eigenvalue weighted by Gasteiger charge is 2.35. The average Bonchev–Trinajstić information content (AvgIpc) is 2.99. The predicted molar refractivity (Wildman–Crippen MR) is 84.3 cm³/mol. The maximum Gasteiger partial charge on any atom is 0.120 e. The summed E-state index contributed by atoms with van der Waals surface area (Å²) in [4.78, 5) is 0. The van der Waals surface area contributed by atoms with Gasteiger partial charge in [-0.25, -0.2) is 0 Å². The highest BCUT2D eigenvalue weighted by Crippen LogP contribution is 2.43. The van der Waals surface area contributed by atoms with Crippen LogP contribution < -0.4 is 10.1 Å². The van der Waals surface area contributed by atoms with Crippen LogP contribution in [0.25, 0.3) is 0 Å². The molecule has 1 fully saturated rings. The normalized spacial score (nSPS) is 27.3. The van der Waals surface area contributed by atoms with E-state index in [0.717, 1.165) is 30.0 Å². The molecule has 3 unspecified atom stereocenters. The van der Waals surface area contributed by atoms with Crippen LogP contribution in [0, 0.1) is 24.7 Å². The van der Waals surface area contributed by atoms with Crippen molar-refractivity contribution in [3.8, 4) is 5.75 Å². The van der Waals surface area contributed by atoms with E-state index >= 15 is 0 Å². The van der Waals surface area contributed by atoms with Gasteiger partial charge in [0.15, 0.2) is 0 Å². The summed E-state index contributed by atoms with van der Waals surface area (Å²) >= 11 is 0. The van der Waals surface area contributed by atoms with Gasteiger partial charge in [-0.05, 0) is 75.1 Å². The van der Waals surface area contributed by atoms with Gasteiger partial charge in [-0.2, -0.15) is 0 Å². The summed E-state index contributed by atoms with van der Waals surface area (Å²) in [6.07, 6.45) is 7.81. The summed E-state index contributed by atoms with van der Waals surface area (Å²) in [6.45, 7) is 7.36. The number of ether oxygens (including phenoxy) is 1. The number of aryl methyl sites for hydroxylation is 1. The lowest BCUT2D eigenvalue weighted by molar-refractivity contribution is 0.242. The molecule has 2 heteroatoms. The first-order chi connectivity index (χ1) is 9.61. The minimum atomic E-state index is 0.231. The topological polar surface area (TPSA) is 21.3 Å². The largest absolute Gasteiger partial charge is 0.491 e. The number of rotatable bonds is 5. The van der Waals surface area contributed by atoms with E-state index in [9.17, 15) is 0 Å². The van der Waals surface area contributed by atoms with Crippen LogP contribution in [0.4, 0.5) is 5.69 Å². The Hall–Kier alpha value is -1.44.